The second-order valence-electron chi connectivity index (χ2n) is 14.5. The predicted octanol–water partition coefficient (Wildman–Crippen LogP) is 8.55. The fourth-order valence-electron chi connectivity index (χ4n) is 3.82. The van der Waals surface area contributed by atoms with Crippen molar-refractivity contribution in [2.75, 3.05) is 0 Å². The molecular formula is C35H52O10. The summed E-state index contributed by atoms with van der Waals surface area (Å²) < 4.78 is 0. The zero-order chi connectivity index (χ0) is 34.3. The van der Waals surface area contributed by atoms with Gasteiger partial charge >= 0.3 is 17.9 Å². The molecule has 2 aromatic carbocycles. The molecule has 0 saturated carbocycles. The van der Waals surface area contributed by atoms with Gasteiger partial charge < -0.3 is 0 Å². The Bertz CT molecular complexity index is 1090. The summed E-state index contributed by atoms with van der Waals surface area (Å²) >= 11 is 0. The third-order valence-electron chi connectivity index (χ3n) is 5.92. The molecule has 0 saturated heterocycles. The molecule has 0 fully saturated rings. The lowest BCUT2D eigenvalue weighted by Crippen LogP contribution is -2.32. The third-order valence-corrected chi connectivity index (χ3v) is 5.92. The van der Waals surface area contributed by atoms with Gasteiger partial charge in [-0.1, -0.05) is 64.1 Å². The molecule has 0 radical (unpaired) electrons. The van der Waals surface area contributed by atoms with E-state index in [9.17, 15) is 14.4 Å². The number of carbonyl (C=O) groups excluding carboxylic acids is 3. The first-order chi connectivity index (χ1) is 20.7. The Labute approximate surface area is 268 Å². The molecule has 252 valence electrons. The SMILES string of the molecule is CC(C)(CCC(C)(C)OOC(=O)c1ccccc1)OOC(=O)c1ccccc1.CC(CC(=O)OOOC(C)(C)C)CC(C)(C)C. The van der Waals surface area contributed by atoms with Crippen molar-refractivity contribution >= 4 is 17.9 Å². The average molecular weight is 633 g/mol. The maximum Gasteiger partial charge on any atom is 0.373 e. The molecule has 10 heteroatoms. The van der Waals surface area contributed by atoms with Gasteiger partial charge in [0.1, 0.15) is 11.2 Å². The van der Waals surface area contributed by atoms with Gasteiger partial charge in [-0.15, -0.1) is 0 Å². The lowest BCUT2D eigenvalue weighted by Gasteiger charge is -2.28. The highest BCUT2D eigenvalue weighted by atomic mass is 17.5. The van der Waals surface area contributed by atoms with Crippen LogP contribution in [0.15, 0.2) is 60.7 Å². The summed E-state index contributed by atoms with van der Waals surface area (Å²) in [5, 5.41) is 4.44. The molecule has 0 heterocycles. The number of hydrogen-bond donors (Lipinski definition) is 0. The highest BCUT2D eigenvalue weighted by molar-refractivity contribution is 5.89. The van der Waals surface area contributed by atoms with Crippen molar-refractivity contribution in [3.8, 4) is 0 Å². The maximum atomic E-state index is 12.0. The Morgan fingerprint density at radius 3 is 1.36 bits per heavy atom. The second-order valence-corrected chi connectivity index (χ2v) is 14.5. The highest BCUT2D eigenvalue weighted by Gasteiger charge is 2.30. The average Bonchev–Trinajstić information content (AvgIpc) is 2.93. The van der Waals surface area contributed by atoms with E-state index < -0.39 is 34.7 Å². The lowest BCUT2D eigenvalue weighted by molar-refractivity contribution is -0.514. The van der Waals surface area contributed by atoms with Gasteiger partial charge in [-0.2, -0.15) is 14.7 Å². The first-order valence-electron chi connectivity index (χ1n) is 15.1. The van der Waals surface area contributed by atoms with Crippen LogP contribution in [-0.2, 0) is 39.2 Å². The van der Waals surface area contributed by atoms with Crippen LogP contribution in [0.25, 0.3) is 0 Å². The van der Waals surface area contributed by atoms with E-state index in [1.165, 1.54) is 0 Å². The molecule has 45 heavy (non-hydrogen) atoms. The molecule has 0 amide bonds. The van der Waals surface area contributed by atoms with Gasteiger partial charge in [-0.05, 0) is 108 Å². The summed E-state index contributed by atoms with van der Waals surface area (Å²) in [4.78, 5) is 65.3. The van der Waals surface area contributed by atoms with Crippen molar-refractivity contribution < 1.29 is 48.7 Å². The quantitative estimate of drug-likeness (QED) is 0.148. The van der Waals surface area contributed by atoms with E-state index in [2.05, 4.69) is 30.7 Å². The molecule has 1 unspecified atom stereocenters. The molecule has 0 bridgehead atoms. The van der Waals surface area contributed by atoms with Gasteiger partial charge in [-0.25, -0.2) is 14.4 Å². The Balaban J connectivity index is 0.000000512. The van der Waals surface area contributed by atoms with E-state index in [0.29, 0.717) is 30.4 Å². The van der Waals surface area contributed by atoms with Gasteiger partial charge in [0.15, 0.2) is 0 Å². The molecule has 0 aliphatic carbocycles. The summed E-state index contributed by atoms with van der Waals surface area (Å²) in [6, 6.07) is 17.2. The standard InChI is InChI=1S/C22H26O6.C13H26O4/c1-21(2,27-25-19(23)17-11-7-5-8-12-17)15-16-22(3,4)28-26-20(24)18-13-9-6-10-14-18;1-10(9-12(2,3)4)8-11(14)15-17-16-13(5,6)7/h5-14H,15-16H2,1-4H3;10H,8-9H2,1-7H3. The van der Waals surface area contributed by atoms with Gasteiger partial charge in [-0.3, -0.25) is 14.7 Å². The van der Waals surface area contributed by atoms with Gasteiger partial charge in [0.25, 0.3) is 0 Å². The summed E-state index contributed by atoms with van der Waals surface area (Å²) in [5.41, 5.74) is -0.937. The zero-order valence-corrected chi connectivity index (χ0v) is 28.8. The van der Waals surface area contributed by atoms with Gasteiger partial charge in [0.05, 0.1) is 23.1 Å². The summed E-state index contributed by atoms with van der Waals surface area (Å²) in [5.74, 6) is -1.24. The van der Waals surface area contributed by atoms with Crippen molar-refractivity contribution in [3.63, 3.8) is 0 Å². The Hall–Kier alpha value is -3.31. The van der Waals surface area contributed by atoms with Crippen LogP contribution in [0.4, 0.5) is 0 Å². The normalized spacial score (nSPS) is 12.8. The fraction of sp³-hybridized carbons (Fsp3) is 0.571. The molecule has 10 nitrogen and oxygen atoms in total. The van der Waals surface area contributed by atoms with E-state index in [-0.39, 0.29) is 11.3 Å². The summed E-state index contributed by atoms with van der Waals surface area (Å²) in [7, 11) is 0. The van der Waals surface area contributed by atoms with Crippen LogP contribution in [0.2, 0.25) is 0 Å². The maximum absolute atomic E-state index is 12.0. The number of hydrogen-bond acceptors (Lipinski definition) is 10. The van der Waals surface area contributed by atoms with Crippen molar-refractivity contribution in [3.05, 3.63) is 71.8 Å². The molecule has 0 spiro atoms. The molecule has 2 aromatic rings. The summed E-state index contributed by atoms with van der Waals surface area (Å²) in [6.45, 7) is 21.1. The highest BCUT2D eigenvalue weighted by Crippen LogP contribution is 2.27. The minimum absolute atomic E-state index is 0.211. The van der Waals surface area contributed by atoms with Crippen molar-refractivity contribution in [2.45, 2.75) is 119 Å². The van der Waals surface area contributed by atoms with E-state index in [1.807, 2.05) is 39.8 Å². The molecule has 0 N–H and O–H groups in total. The summed E-state index contributed by atoms with van der Waals surface area (Å²) in [6.07, 6.45) is 2.31. The van der Waals surface area contributed by atoms with E-state index in [4.69, 9.17) is 24.4 Å². The van der Waals surface area contributed by atoms with E-state index >= 15 is 0 Å². The van der Waals surface area contributed by atoms with Crippen LogP contribution >= 0.6 is 0 Å². The Kier molecular flexibility index (Phi) is 15.9. The molecule has 0 aliphatic heterocycles. The molecule has 0 aromatic heterocycles. The molecule has 1 atom stereocenters. The predicted molar refractivity (Wildman–Crippen MR) is 169 cm³/mol. The van der Waals surface area contributed by atoms with E-state index in [0.717, 1.165) is 6.42 Å². The minimum atomic E-state index is -0.742. The van der Waals surface area contributed by atoms with Crippen molar-refractivity contribution in [1.82, 2.24) is 0 Å². The van der Waals surface area contributed by atoms with Crippen LogP contribution in [0.5, 0.6) is 0 Å². The minimum Gasteiger partial charge on any atom is -0.292 e. The first-order valence-corrected chi connectivity index (χ1v) is 15.1. The monoisotopic (exact) mass is 632 g/mol. The van der Waals surface area contributed by atoms with Crippen LogP contribution in [0.3, 0.4) is 0 Å². The molecule has 0 aliphatic rings. The Morgan fingerprint density at radius 2 is 1.00 bits per heavy atom. The fourth-order valence-corrected chi connectivity index (χ4v) is 3.82. The second kappa shape index (κ2) is 18.0. The van der Waals surface area contributed by atoms with Crippen LogP contribution in [-0.4, -0.2) is 34.7 Å². The van der Waals surface area contributed by atoms with Crippen LogP contribution in [0, 0.1) is 11.3 Å². The number of rotatable bonds is 14. The zero-order valence-electron chi connectivity index (χ0n) is 28.8. The first kappa shape index (κ1) is 39.7. The smallest absolute Gasteiger partial charge is 0.292 e. The van der Waals surface area contributed by atoms with Gasteiger partial charge in [0.2, 0.25) is 0 Å². The largest absolute Gasteiger partial charge is 0.373 e. The third kappa shape index (κ3) is 19.6. The molecule has 2 rings (SSSR count). The van der Waals surface area contributed by atoms with Crippen molar-refractivity contribution in [2.24, 2.45) is 11.3 Å². The number of carbonyl (C=O) groups is 3. The topological polar surface area (TPSA) is 116 Å². The lowest BCUT2D eigenvalue weighted by atomic mass is 9.84. The van der Waals surface area contributed by atoms with Crippen LogP contribution in [0.1, 0.15) is 123 Å². The van der Waals surface area contributed by atoms with Crippen molar-refractivity contribution in [1.29, 1.82) is 0 Å². The van der Waals surface area contributed by atoms with Gasteiger partial charge in [0, 0.05) is 0 Å². The van der Waals surface area contributed by atoms with Crippen LogP contribution < -0.4 is 0 Å². The Morgan fingerprint density at radius 1 is 0.600 bits per heavy atom. The van der Waals surface area contributed by atoms with E-state index in [1.54, 1.807) is 76.2 Å². The molecular weight excluding hydrogens is 580 g/mol. The number of benzene rings is 2.